The zero-order valence-electron chi connectivity index (χ0n) is 20.6. The maximum absolute atomic E-state index is 14.6. The SMILES string of the molecule is CC(=O)c1ccc(N2CCN(C(=O)c3cc(S(C)(=O)=O)ccc3N(O)Cc3ccccc3)CC2)c(F)c1. The van der Waals surface area contributed by atoms with E-state index in [9.17, 15) is 27.6 Å². The smallest absolute Gasteiger partial charge is 0.256 e. The Hall–Kier alpha value is -3.76. The number of anilines is 2. The van der Waals surface area contributed by atoms with E-state index >= 15 is 0 Å². The number of hydrogen-bond acceptors (Lipinski definition) is 7. The van der Waals surface area contributed by atoms with Crippen molar-refractivity contribution in [1.29, 1.82) is 0 Å². The van der Waals surface area contributed by atoms with Crippen molar-refractivity contribution in [3.8, 4) is 0 Å². The lowest BCUT2D eigenvalue weighted by atomic mass is 10.1. The Kier molecular flexibility index (Phi) is 7.60. The molecule has 0 atom stereocenters. The Labute approximate surface area is 215 Å². The summed E-state index contributed by atoms with van der Waals surface area (Å²) in [4.78, 5) is 28.4. The van der Waals surface area contributed by atoms with Crippen LogP contribution in [-0.4, -0.2) is 62.7 Å². The molecule has 8 nitrogen and oxygen atoms in total. The number of hydroxylamine groups is 1. The van der Waals surface area contributed by atoms with Gasteiger partial charge in [-0.3, -0.25) is 19.9 Å². The summed E-state index contributed by atoms with van der Waals surface area (Å²) in [5, 5.41) is 11.7. The normalized spacial score (nSPS) is 13.9. The van der Waals surface area contributed by atoms with Gasteiger partial charge in [0.15, 0.2) is 15.6 Å². The van der Waals surface area contributed by atoms with Crippen LogP contribution in [0.15, 0.2) is 71.6 Å². The minimum atomic E-state index is -3.59. The first-order chi connectivity index (χ1) is 17.5. The average Bonchev–Trinajstić information content (AvgIpc) is 2.88. The number of sulfone groups is 1. The number of piperazine rings is 1. The number of carbonyl (C=O) groups is 2. The lowest BCUT2D eigenvalue weighted by Gasteiger charge is -2.36. The van der Waals surface area contributed by atoms with Crippen LogP contribution in [0.5, 0.6) is 0 Å². The molecule has 1 heterocycles. The number of nitrogens with zero attached hydrogens (tertiary/aromatic N) is 3. The number of ketones is 1. The van der Waals surface area contributed by atoms with Gasteiger partial charge in [0.1, 0.15) is 5.82 Å². The second-order valence-corrected chi connectivity index (χ2v) is 11.0. The van der Waals surface area contributed by atoms with E-state index in [1.165, 1.54) is 31.2 Å². The van der Waals surface area contributed by atoms with Crippen molar-refractivity contribution in [1.82, 2.24) is 4.90 Å². The third-order valence-corrected chi connectivity index (χ3v) is 7.45. The van der Waals surface area contributed by atoms with Gasteiger partial charge in [0, 0.05) is 38.0 Å². The second kappa shape index (κ2) is 10.7. The molecule has 1 amide bonds. The molecule has 37 heavy (non-hydrogen) atoms. The van der Waals surface area contributed by atoms with Gasteiger partial charge in [-0.25, -0.2) is 12.8 Å². The van der Waals surface area contributed by atoms with E-state index in [4.69, 9.17) is 0 Å². The molecule has 1 fully saturated rings. The molecule has 3 aromatic rings. The van der Waals surface area contributed by atoms with Gasteiger partial charge in [0.2, 0.25) is 0 Å². The number of benzene rings is 3. The molecular weight excluding hydrogens is 497 g/mol. The van der Waals surface area contributed by atoms with Gasteiger partial charge in [-0.05, 0) is 48.9 Å². The van der Waals surface area contributed by atoms with Gasteiger partial charge < -0.3 is 9.80 Å². The summed E-state index contributed by atoms with van der Waals surface area (Å²) in [6.07, 6.45) is 1.06. The zero-order valence-corrected chi connectivity index (χ0v) is 21.4. The molecule has 1 saturated heterocycles. The van der Waals surface area contributed by atoms with Crippen molar-refractivity contribution in [2.24, 2.45) is 0 Å². The predicted octanol–water partition coefficient (Wildman–Crippen LogP) is 3.79. The lowest BCUT2D eigenvalue weighted by molar-refractivity contribution is 0.0744. The molecule has 0 bridgehead atoms. The number of halogens is 1. The first-order valence-electron chi connectivity index (χ1n) is 11.7. The fraction of sp³-hybridized carbons (Fsp3) is 0.259. The third kappa shape index (κ3) is 5.98. The first-order valence-corrected chi connectivity index (χ1v) is 13.6. The molecule has 0 aromatic heterocycles. The largest absolute Gasteiger partial charge is 0.366 e. The Morgan fingerprint density at radius 3 is 2.24 bits per heavy atom. The van der Waals surface area contributed by atoms with Crippen molar-refractivity contribution in [3.63, 3.8) is 0 Å². The maximum Gasteiger partial charge on any atom is 0.256 e. The molecule has 1 N–H and O–H groups in total. The van der Waals surface area contributed by atoms with Crippen molar-refractivity contribution in [2.45, 2.75) is 18.4 Å². The minimum Gasteiger partial charge on any atom is -0.366 e. The number of carbonyl (C=O) groups excluding carboxylic acids is 2. The van der Waals surface area contributed by atoms with Crippen LogP contribution in [0, 0.1) is 5.82 Å². The van der Waals surface area contributed by atoms with E-state index in [1.54, 1.807) is 21.9 Å². The molecule has 194 valence electrons. The van der Waals surface area contributed by atoms with Gasteiger partial charge in [-0.15, -0.1) is 0 Å². The van der Waals surface area contributed by atoms with Gasteiger partial charge >= 0.3 is 0 Å². The van der Waals surface area contributed by atoms with Gasteiger partial charge in [0.25, 0.3) is 5.91 Å². The summed E-state index contributed by atoms with van der Waals surface area (Å²) in [7, 11) is -3.59. The van der Waals surface area contributed by atoms with Gasteiger partial charge in [0.05, 0.1) is 28.4 Å². The fourth-order valence-corrected chi connectivity index (χ4v) is 4.93. The summed E-state index contributed by atoms with van der Waals surface area (Å²) in [5.41, 5.74) is 1.70. The lowest BCUT2D eigenvalue weighted by Crippen LogP contribution is -2.49. The molecule has 0 aliphatic carbocycles. The second-order valence-electron chi connectivity index (χ2n) is 9.00. The quantitative estimate of drug-likeness (QED) is 0.370. The highest BCUT2D eigenvalue weighted by molar-refractivity contribution is 7.90. The summed E-state index contributed by atoms with van der Waals surface area (Å²) < 4.78 is 39.0. The minimum absolute atomic E-state index is 0.0287. The molecule has 4 rings (SSSR count). The van der Waals surface area contributed by atoms with E-state index in [-0.39, 0.29) is 47.1 Å². The summed E-state index contributed by atoms with van der Waals surface area (Å²) in [6, 6.07) is 17.6. The molecular formula is C27H28FN3O5S. The van der Waals surface area contributed by atoms with Crippen molar-refractivity contribution < 1.29 is 27.6 Å². The molecule has 10 heteroatoms. The molecule has 1 aliphatic rings. The van der Waals surface area contributed by atoms with E-state index in [0.717, 1.165) is 16.9 Å². The van der Waals surface area contributed by atoms with Crippen molar-refractivity contribution in [2.75, 3.05) is 42.4 Å². The Balaban J connectivity index is 1.56. The number of rotatable bonds is 7. The van der Waals surface area contributed by atoms with E-state index in [1.807, 2.05) is 30.3 Å². The third-order valence-electron chi connectivity index (χ3n) is 6.34. The molecule has 0 radical (unpaired) electrons. The monoisotopic (exact) mass is 525 g/mol. The number of amides is 1. The molecule has 0 unspecified atom stereocenters. The predicted molar refractivity (Wildman–Crippen MR) is 138 cm³/mol. The summed E-state index contributed by atoms with van der Waals surface area (Å²) >= 11 is 0. The average molecular weight is 526 g/mol. The van der Waals surface area contributed by atoms with E-state index in [2.05, 4.69) is 0 Å². The summed E-state index contributed by atoms with van der Waals surface area (Å²) in [6.45, 7) is 2.69. The topological polar surface area (TPSA) is 98.2 Å². The van der Waals surface area contributed by atoms with Gasteiger partial charge in [-0.2, -0.15) is 0 Å². The van der Waals surface area contributed by atoms with Gasteiger partial charge in [-0.1, -0.05) is 30.3 Å². The highest BCUT2D eigenvalue weighted by Gasteiger charge is 2.27. The van der Waals surface area contributed by atoms with E-state index in [0.29, 0.717) is 18.8 Å². The molecule has 0 spiro atoms. The molecule has 0 saturated carbocycles. The fourth-order valence-electron chi connectivity index (χ4n) is 4.29. The number of Topliss-reactive ketones (excluding diaryl/α,β-unsaturated/α-hetero) is 1. The van der Waals surface area contributed by atoms with Crippen LogP contribution >= 0.6 is 0 Å². The Morgan fingerprint density at radius 2 is 1.65 bits per heavy atom. The maximum atomic E-state index is 14.6. The van der Waals surface area contributed by atoms with Crippen LogP contribution in [0.25, 0.3) is 0 Å². The van der Waals surface area contributed by atoms with Crippen LogP contribution in [0.2, 0.25) is 0 Å². The Bertz CT molecular complexity index is 1420. The Morgan fingerprint density at radius 1 is 0.973 bits per heavy atom. The molecule has 1 aliphatic heterocycles. The highest BCUT2D eigenvalue weighted by Crippen LogP contribution is 2.28. The van der Waals surface area contributed by atoms with Crippen LogP contribution in [0.1, 0.15) is 33.2 Å². The van der Waals surface area contributed by atoms with Crippen LogP contribution in [-0.2, 0) is 16.4 Å². The molecule has 3 aromatic carbocycles. The van der Waals surface area contributed by atoms with Crippen LogP contribution < -0.4 is 9.96 Å². The zero-order chi connectivity index (χ0) is 26.7. The van der Waals surface area contributed by atoms with Crippen LogP contribution in [0.3, 0.4) is 0 Å². The van der Waals surface area contributed by atoms with Crippen molar-refractivity contribution in [3.05, 3.63) is 89.2 Å². The number of hydrogen-bond donors (Lipinski definition) is 1. The van der Waals surface area contributed by atoms with Crippen molar-refractivity contribution >= 4 is 32.9 Å². The van der Waals surface area contributed by atoms with Crippen LogP contribution in [0.4, 0.5) is 15.8 Å². The van der Waals surface area contributed by atoms with E-state index < -0.39 is 21.6 Å². The first kappa shape index (κ1) is 26.3. The summed E-state index contributed by atoms with van der Waals surface area (Å²) in [5.74, 6) is -1.16. The standard InChI is InChI=1S/C27H28FN3O5S/c1-19(32)21-8-10-26(24(28)16-21)29-12-14-30(15-13-29)27(33)23-17-22(37(2,35)36)9-11-25(23)31(34)18-20-6-4-3-5-7-20/h3-11,16-17,34H,12-15,18H2,1-2H3. The highest BCUT2D eigenvalue weighted by atomic mass is 32.2.